The molecule has 0 aliphatic carbocycles. The lowest BCUT2D eigenvalue weighted by atomic mass is 10.3. The first-order valence-corrected chi connectivity index (χ1v) is 6.26. The van der Waals surface area contributed by atoms with E-state index in [1.807, 2.05) is 30.3 Å². The molecule has 19 heavy (non-hydrogen) atoms. The van der Waals surface area contributed by atoms with E-state index in [0.29, 0.717) is 18.8 Å². The summed E-state index contributed by atoms with van der Waals surface area (Å²) < 4.78 is 0. The largest absolute Gasteiger partial charge is 0.336 e. The Labute approximate surface area is 110 Å². The third-order valence-corrected chi connectivity index (χ3v) is 3.21. The summed E-state index contributed by atoms with van der Waals surface area (Å²) in [6, 6.07) is 9.58. The molecule has 1 atom stereocenters. The highest BCUT2D eigenvalue weighted by atomic mass is 16.2. The summed E-state index contributed by atoms with van der Waals surface area (Å²) in [5.74, 6) is -0.102. The predicted molar refractivity (Wildman–Crippen MR) is 69.9 cm³/mol. The lowest BCUT2D eigenvalue weighted by Crippen LogP contribution is -2.32. The van der Waals surface area contributed by atoms with Gasteiger partial charge in [-0.05, 0) is 18.6 Å². The fourth-order valence-electron chi connectivity index (χ4n) is 2.18. The van der Waals surface area contributed by atoms with Crippen LogP contribution < -0.4 is 5.73 Å². The first kappa shape index (κ1) is 11.9. The average molecular weight is 257 g/mol. The van der Waals surface area contributed by atoms with Crippen molar-refractivity contribution in [2.75, 3.05) is 13.1 Å². The Balaban J connectivity index is 1.80. The molecule has 1 aliphatic heterocycles. The van der Waals surface area contributed by atoms with Gasteiger partial charge >= 0.3 is 0 Å². The zero-order chi connectivity index (χ0) is 13.2. The second kappa shape index (κ2) is 4.81. The normalized spacial score (nSPS) is 18.8. The monoisotopic (exact) mass is 257 g/mol. The highest BCUT2D eigenvalue weighted by Crippen LogP contribution is 2.11. The number of nitrogens with zero attached hydrogens (tertiary/aromatic N) is 4. The van der Waals surface area contributed by atoms with Crippen molar-refractivity contribution in [3.8, 4) is 5.69 Å². The van der Waals surface area contributed by atoms with Crippen molar-refractivity contribution in [1.82, 2.24) is 19.9 Å². The number of likely N-dealkylation sites (tertiary alicyclic amines) is 1. The molecule has 3 rings (SSSR count). The molecular weight excluding hydrogens is 242 g/mol. The van der Waals surface area contributed by atoms with Gasteiger partial charge in [0.15, 0.2) is 5.69 Å². The van der Waals surface area contributed by atoms with Crippen LogP contribution in [0.5, 0.6) is 0 Å². The smallest absolute Gasteiger partial charge is 0.276 e. The van der Waals surface area contributed by atoms with E-state index in [1.54, 1.807) is 4.90 Å². The predicted octanol–water partition coefficient (Wildman–Crippen LogP) is 0.440. The maximum absolute atomic E-state index is 12.2. The number of para-hydroxylation sites is 1. The maximum atomic E-state index is 12.2. The van der Waals surface area contributed by atoms with E-state index in [0.717, 1.165) is 12.1 Å². The number of rotatable bonds is 2. The highest BCUT2D eigenvalue weighted by molar-refractivity contribution is 5.92. The third-order valence-electron chi connectivity index (χ3n) is 3.21. The molecule has 98 valence electrons. The Kier molecular flexibility index (Phi) is 3.00. The van der Waals surface area contributed by atoms with Gasteiger partial charge in [-0.3, -0.25) is 4.79 Å². The molecule has 1 fully saturated rings. The van der Waals surface area contributed by atoms with Gasteiger partial charge < -0.3 is 10.6 Å². The molecule has 2 aromatic rings. The topological polar surface area (TPSA) is 77.0 Å². The third kappa shape index (κ3) is 2.34. The fourth-order valence-corrected chi connectivity index (χ4v) is 2.18. The van der Waals surface area contributed by atoms with Gasteiger partial charge in [0.05, 0.1) is 11.9 Å². The van der Waals surface area contributed by atoms with Gasteiger partial charge in [-0.2, -0.15) is 9.90 Å². The van der Waals surface area contributed by atoms with Crippen molar-refractivity contribution in [1.29, 1.82) is 0 Å². The van der Waals surface area contributed by atoms with Crippen molar-refractivity contribution in [2.24, 2.45) is 5.73 Å². The number of hydrogen-bond acceptors (Lipinski definition) is 4. The Morgan fingerprint density at radius 2 is 2.11 bits per heavy atom. The minimum atomic E-state index is -0.102. The molecule has 0 unspecified atom stereocenters. The fraction of sp³-hybridized carbons (Fsp3) is 0.308. The number of nitrogens with two attached hydrogens (primary N) is 1. The molecule has 6 nitrogen and oxygen atoms in total. The number of carbonyl (C=O) groups excluding carboxylic acids is 1. The zero-order valence-corrected chi connectivity index (χ0v) is 10.4. The number of aromatic nitrogens is 3. The molecule has 0 radical (unpaired) electrons. The Morgan fingerprint density at radius 1 is 1.32 bits per heavy atom. The van der Waals surface area contributed by atoms with Crippen LogP contribution in [0.25, 0.3) is 5.69 Å². The number of benzene rings is 1. The van der Waals surface area contributed by atoms with Crippen LogP contribution in [0.1, 0.15) is 16.9 Å². The van der Waals surface area contributed by atoms with Crippen LogP contribution in [0.2, 0.25) is 0 Å². The van der Waals surface area contributed by atoms with E-state index in [9.17, 15) is 4.79 Å². The SMILES string of the molecule is N[C@H]1CCN(C(=O)c2cnn(-c3ccccc3)n2)C1. The number of amides is 1. The van der Waals surface area contributed by atoms with E-state index < -0.39 is 0 Å². The van der Waals surface area contributed by atoms with Gasteiger partial charge in [-0.25, -0.2) is 0 Å². The second-order valence-electron chi connectivity index (χ2n) is 4.65. The van der Waals surface area contributed by atoms with Gasteiger partial charge in [0.1, 0.15) is 0 Å². The summed E-state index contributed by atoms with van der Waals surface area (Å²) in [4.78, 5) is 15.4. The lowest BCUT2D eigenvalue weighted by Gasteiger charge is -2.13. The molecule has 1 amide bonds. The minimum Gasteiger partial charge on any atom is -0.336 e. The molecule has 0 spiro atoms. The minimum absolute atomic E-state index is 0.0770. The maximum Gasteiger partial charge on any atom is 0.276 e. The van der Waals surface area contributed by atoms with Crippen LogP contribution in [-0.4, -0.2) is 44.9 Å². The zero-order valence-electron chi connectivity index (χ0n) is 10.4. The number of hydrogen-bond donors (Lipinski definition) is 1. The molecule has 1 saturated heterocycles. The van der Waals surface area contributed by atoms with Gasteiger partial charge in [0.25, 0.3) is 5.91 Å². The van der Waals surface area contributed by atoms with Crippen molar-refractivity contribution in [2.45, 2.75) is 12.5 Å². The van der Waals surface area contributed by atoms with Gasteiger partial charge in [0, 0.05) is 19.1 Å². The van der Waals surface area contributed by atoms with Crippen LogP contribution in [0, 0.1) is 0 Å². The van der Waals surface area contributed by atoms with E-state index >= 15 is 0 Å². The van der Waals surface area contributed by atoms with E-state index in [1.165, 1.54) is 11.0 Å². The molecule has 2 N–H and O–H groups in total. The van der Waals surface area contributed by atoms with Crippen LogP contribution in [0.15, 0.2) is 36.5 Å². The highest BCUT2D eigenvalue weighted by Gasteiger charge is 2.26. The second-order valence-corrected chi connectivity index (χ2v) is 4.65. The summed E-state index contributed by atoms with van der Waals surface area (Å²) in [5.41, 5.74) is 6.99. The summed E-state index contributed by atoms with van der Waals surface area (Å²) in [6.07, 6.45) is 2.34. The first-order chi connectivity index (χ1) is 9.24. The van der Waals surface area contributed by atoms with Crippen LogP contribution in [-0.2, 0) is 0 Å². The molecule has 0 bridgehead atoms. The molecular formula is C13H15N5O. The average Bonchev–Trinajstić information content (AvgIpc) is 3.08. The Morgan fingerprint density at radius 3 is 2.79 bits per heavy atom. The lowest BCUT2D eigenvalue weighted by molar-refractivity contribution is 0.0784. The van der Waals surface area contributed by atoms with Crippen molar-refractivity contribution in [3.63, 3.8) is 0 Å². The van der Waals surface area contributed by atoms with Crippen molar-refractivity contribution in [3.05, 3.63) is 42.2 Å². The van der Waals surface area contributed by atoms with E-state index in [4.69, 9.17) is 5.73 Å². The molecule has 2 heterocycles. The first-order valence-electron chi connectivity index (χ1n) is 6.26. The summed E-state index contributed by atoms with van der Waals surface area (Å²) in [7, 11) is 0. The quantitative estimate of drug-likeness (QED) is 0.847. The summed E-state index contributed by atoms with van der Waals surface area (Å²) in [5, 5.41) is 8.35. The van der Waals surface area contributed by atoms with E-state index in [-0.39, 0.29) is 11.9 Å². The molecule has 6 heteroatoms. The van der Waals surface area contributed by atoms with Crippen LogP contribution >= 0.6 is 0 Å². The van der Waals surface area contributed by atoms with Crippen molar-refractivity contribution < 1.29 is 4.79 Å². The molecule has 1 aromatic carbocycles. The molecule has 0 saturated carbocycles. The Hall–Kier alpha value is -2.21. The van der Waals surface area contributed by atoms with Gasteiger partial charge in [0.2, 0.25) is 0 Å². The number of carbonyl (C=O) groups is 1. The standard InChI is InChI=1S/C13H15N5O/c14-10-6-7-17(9-10)13(19)12-8-15-18(16-12)11-4-2-1-3-5-11/h1-5,8,10H,6-7,9,14H2/t10-/m0/s1. The van der Waals surface area contributed by atoms with Gasteiger partial charge in [-0.15, -0.1) is 5.10 Å². The van der Waals surface area contributed by atoms with Crippen LogP contribution in [0.4, 0.5) is 0 Å². The summed E-state index contributed by atoms with van der Waals surface area (Å²) in [6.45, 7) is 1.29. The molecule has 1 aliphatic rings. The van der Waals surface area contributed by atoms with Gasteiger partial charge in [-0.1, -0.05) is 18.2 Å². The Bertz CT molecular complexity index is 580. The summed E-state index contributed by atoms with van der Waals surface area (Å²) >= 11 is 0. The van der Waals surface area contributed by atoms with Crippen molar-refractivity contribution >= 4 is 5.91 Å². The molecule has 1 aromatic heterocycles. The van der Waals surface area contributed by atoms with Crippen LogP contribution in [0.3, 0.4) is 0 Å². The van der Waals surface area contributed by atoms with E-state index in [2.05, 4.69) is 10.2 Å².